The Morgan fingerprint density at radius 3 is 2.08 bits per heavy atom. The van der Waals surface area contributed by atoms with Crippen LogP contribution in [-0.4, -0.2) is 12.2 Å². The van der Waals surface area contributed by atoms with Gasteiger partial charge in [-0.1, -0.05) is 25.7 Å². The molecule has 2 atom stereocenters. The average Bonchev–Trinajstić information content (AvgIpc) is 2.30. The summed E-state index contributed by atoms with van der Waals surface area (Å²) in [4.78, 5) is 0. The normalized spacial score (nSPS) is 26.2. The quantitative estimate of drug-likeness (QED) is 0.638. The van der Waals surface area contributed by atoms with Crippen LogP contribution in [0.5, 0.6) is 0 Å². The Labute approximate surface area is 74.5 Å². The monoisotopic (exact) mass is 173 g/mol. The molecule has 1 aliphatic carbocycles. The Morgan fingerprint density at radius 1 is 1.17 bits per heavy atom. The molecule has 0 spiro atoms. The highest BCUT2D eigenvalue weighted by Gasteiger charge is 2.23. The maximum atomic E-state index is 12.9. The van der Waals surface area contributed by atoms with Crippen molar-refractivity contribution in [3.63, 3.8) is 0 Å². The molecule has 1 fully saturated rings. The van der Waals surface area contributed by atoms with E-state index in [0.717, 1.165) is 12.8 Å². The molecule has 1 saturated carbocycles. The fourth-order valence-electron chi connectivity index (χ4n) is 2.07. The van der Waals surface area contributed by atoms with E-state index in [4.69, 9.17) is 5.73 Å². The number of hydrogen-bond donors (Lipinski definition) is 1. The van der Waals surface area contributed by atoms with Gasteiger partial charge in [0.2, 0.25) is 0 Å². The minimum Gasteiger partial charge on any atom is -0.325 e. The van der Waals surface area contributed by atoms with Gasteiger partial charge < -0.3 is 5.73 Å². The fourth-order valence-corrected chi connectivity index (χ4v) is 2.07. The Bertz CT molecular complexity index is 117. The van der Waals surface area contributed by atoms with Gasteiger partial charge in [-0.15, -0.1) is 0 Å². The molecule has 0 saturated heterocycles. The third kappa shape index (κ3) is 2.74. The van der Waals surface area contributed by atoms with E-state index in [9.17, 15) is 4.39 Å². The second-order valence-electron chi connectivity index (χ2n) is 4.01. The lowest BCUT2D eigenvalue weighted by Gasteiger charge is -2.23. The minimum atomic E-state index is -0.840. The standard InChI is InChI=1S/C10H20FN/c1-8(11)10(12)9-6-4-2-3-5-7-9/h8-10H,2-7,12H2,1H3. The Hall–Kier alpha value is -0.110. The molecule has 72 valence electrons. The SMILES string of the molecule is CC(F)C(N)C1CCCCCC1. The summed E-state index contributed by atoms with van der Waals surface area (Å²) in [6, 6.07) is -0.219. The van der Waals surface area contributed by atoms with Crippen molar-refractivity contribution in [2.75, 3.05) is 0 Å². The van der Waals surface area contributed by atoms with Crippen LogP contribution in [0.25, 0.3) is 0 Å². The van der Waals surface area contributed by atoms with Crippen molar-refractivity contribution in [3.8, 4) is 0 Å². The predicted octanol–water partition coefficient (Wildman–Crippen LogP) is 2.64. The van der Waals surface area contributed by atoms with Gasteiger partial charge in [-0.2, -0.15) is 0 Å². The molecule has 1 rings (SSSR count). The average molecular weight is 173 g/mol. The van der Waals surface area contributed by atoms with E-state index in [1.165, 1.54) is 25.7 Å². The molecule has 0 aromatic heterocycles. The second-order valence-corrected chi connectivity index (χ2v) is 4.01. The summed E-state index contributed by atoms with van der Waals surface area (Å²) in [5.74, 6) is 0.437. The van der Waals surface area contributed by atoms with Gasteiger partial charge in [-0.05, 0) is 25.7 Å². The topological polar surface area (TPSA) is 26.0 Å². The van der Waals surface area contributed by atoms with Gasteiger partial charge in [0.25, 0.3) is 0 Å². The van der Waals surface area contributed by atoms with Crippen molar-refractivity contribution in [2.45, 2.75) is 57.7 Å². The smallest absolute Gasteiger partial charge is 0.113 e. The summed E-state index contributed by atoms with van der Waals surface area (Å²) in [7, 11) is 0. The summed E-state index contributed by atoms with van der Waals surface area (Å²) in [6.07, 6.45) is 6.53. The Morgan fingerprint density at radius 2 is 1.67 bits per heavy atom. The third-order valence-electron chi connectivity index (χ3n) is 2.97. The van der Waals surface area contributed by atoms with Crippen LogP contribution in [0, 0.1) is 5.92 Å². The molecule has 0 bridgehead atoms. The van der Waals surface area contributed by atoms with Crippen LogP contribution in [0.3, 0.4) is 0 Å². The first-order valence-electron chi connectivity index (χ1n) is 5.11. The predicted molar refractivity (Wildman–Crippen MR) is 49.7 cm³/mol. The van der Waals surface area contributed by atoms with Gasteiger partial charge in [0.1, 0.15) is 6.17 Å². The molecule has 0 aromatic carbocycles. The van der Waals surface area contributed by atoms with Crippen LogP contribution in [-0.2, 0) is 0 Å². The van der Waals surface area contributed by atoms with Gasteiger partial charge in [0.15, 0.2) is 0 Å². The first-order valence-corrected chi connectivity index (χ1v) is 5.11. The number of halogens is 1. The molecule has 2 unspecified atom stereocenters. The zero-order valence-electron chi connectivity index (χ0n) is 7.93. The van der Waals surface area contributed by atoms with Crippen LogP contribution < -0.4 is 5.73 Å². The van der Waals surface area contributed by atoms with Crippen LogP contribution in [0.2, 0.25) is 0 Å². The maximum absolute atomic E-state index is 12.9. The van der Waals surface area contributed by atoms with E-state index in [0.29, 0.717) is 5.92 Å². The molecule has 0 amide bonds. The summed E-state index contributed by atoms with van der Waals surface area (Å²) in [6.45, 7) is 1.58. The Kier molecular flexibility index (Phi) is 3.99. The molecule has 2 N–H and O–H groups in total. The summed E-state index contributed by atoms with van der Waals surface area (Å²) >= 11 is 0. The third-order valence-corrected chi connectivity index (χ3v) is 2.97. The summed E-state index contributed by atoms with van der Waals surface area (Å²) in [5, 5.41) is 0. The molecule has 0 aliphatic heterocycles. The Balaban J connectivity index is 2.37. The van der Waals surface area contributed by atoms with E-state index in [1.807, 2.05) is 0 Å². The highest BCUT2D eigenvalue weighted by molar-refractivity contribution is 4.79. The minimum absolute atomic E-state index is 0.219. The molecular weight excluding hydrogens is 153 g/mol. The van der Waals surface area contributed by atoms with E-state index < -0.39 is 6.17 Å². The van der Waals surface area contributed by atoms with Crippen LogP contribution in [0.15, 0.2) is 0 Å². The lowest BCUT2D eigenvalue weighted by atomic mass is 9.90. The van der Waals surface area contributed by atoms with Crippen molar-refractivity contribution in [3.05, 3.63) is 0 Å². The number of nitrogens with two attached hydrogens (primary N) is 1. The van der Waals surface area contributed by atoms with Gasteiger partial charge in [0, 0.05) is 6.04 Å². The zero-order valence-corrected chi connectivity index (χ0v) is 7.93. The molecule has 0 aromatic rings. The molecular formula is C10H20FN. The van der Waals surface area contributed by atoms with E-state index in [-0.39, 0.29) is 6.04 Å². The molecule has 1 aliphatic rings. The van der Waals surface area contributed by atoms with Gasteiger partial charge in [-0.25, -0.2) is 4.39 Å². The van der Waals surface area contributed by atoms with Gasteiger partial charge >= 0.3 is 0 Å². The molecule has 12 heavy (non-hydrogen) atoms. The number of alkyl halides is 1. The van der Waals surface area contributed by atoms with E-state index in [1.54, 1.807) is 6.92 Å². The molecule has 0 radical (unpaired) electrons. The van der Waals surface area contributed by atoms with Crippen molar-refractivity contribution in [2.24, 2.45) is 11.7 Å². The van der Waals surface area contributed by atoms with Crippen molar-refractivity contribution in [1.29, 1.82) is 0 Å². The first-order chi connectivity index (χ1) is 5.72. The summed E-state index contributed by atoms with van der Waals surface area (Å²) in [5.41, 5.74) is 5.79. The van der Waals surface area contributed by atoms with Gasteiger partial charge in [0.05, 0.1) is 0 Å². The van der Waals surface area contributed by atoms with Gasteiger partial charge in [-0.3, -0.25) is 0 Å². The van der Waals surface area contributed by atoms with E-state index >= 15 is 0 Å². The van der Waals surface area contributed by atoms with Crippen molar-refractivity contribution >= 4 is 0 Å². The van der Waals surface area contributed by atoms with Crippen molar-refractivity contribution < 1.29 is 4.39 Å². The molecule has 1 nitrogen and oxygen atoms in total. The first kappa shape index (κ1) is 9.97. The molecule has 2 heteroatoms. The lowest BCUT2D eigenvalue weighted by molar-refractivity contribution is 0.229. The maximum Gasteiger partial charge on any atom is 0.113 e. The largest absolute Gasteiger partial charge is 0.325 e. The van der Waals surface area contributed by atoms with Crippen LogP contribution >= 0.6 is 0 Å². The second kappa shape index (κ2) is 4.80. The fraction of sp³-hybridized carbons (Fsp3) is 1.00. The van der Waals surface area contributed by atoms with Crippen LogP contribution in [0.1, 0.15) is 45.4 Å². The summed E-state index contributed by atoms with van der Waals surface area (Å²) < 4.78 is 12.9. The van der Waals surface area contributed by atoms with Crippen molar-refractivity contribution in [1.82, 2.24) is 0 Å². The zero-order chi connectivity index (χ0) is 8.97. The van der Waals surface area contributed by atoms with E-state index in [2.05, 4.69) is 0 Å². The highest BCUT2D eigenvalue weighted by Crippen LogP contribution is 2.26. The number of rotatable bonds is 2. The molecule has 0 heterocycles. The van der Waals surface area contributed by atoms with Crippen LogP contribution in [0.4, 0.5) is 4.39 Å². The lowest BCUT2D eigenvalue weighted by Crippen LogP contribution is -2.37. The number of hydrogen-bond acceptors (Lipinski definition) is 1. The highest BCUT2D eigenvalue weighted by atomic mass is 19.1.